The summed E-state index contributed by atoms with van der Waals surface area (Å²) in [6.45, 7) is 6.50. The van der Waals surface area contributed by atoms with Gasteiger partial charge in [-0.2, -0.15) is 0 Å². The predicted octanol–water partition coefficient (Wildman–Crippen LogP) is 4.95. The lowest BCUT2D eigenvalue weighted by Crippen LogP contribution is -2.45. The zero-order chi connectivity index (χ0) is 22.6. The molecule has 1 aromatic heterocycles. The standard InChI is InChI=1S/C21H19Cl2NO6/c1-11(2)24(17(21(28)29)10-19(25)26)20(27)12(3)8-14-5-7-18(30-14)15-9-13(22)4-6-16(15)23/h4-9,17H,1,10H2,2-3H3,(H,25,26)(H,28,29)/b12-8-/t17-/m0/s1. The topological polar surface area (TPSA) is 108 Å². The number of halogens is 2. The SMILES string of the molecule is C=C(C)N(C(=O)/C(C)=C\c1ccc(-c2cc(Cl)ccc2Cl)o1)[C@@H](CC(=O)O)C(=O)O. The van der Waals surface area contributed by atoms with Gasteiger partial charge in [0.25, 0.3) is 5.91 Å². The van der Waals surface area contributed by atoms with Crippen molar-refractivity contribution in [2.24, 2.45) is 0 Å². The van der Waals surface area contributed by atoms with Crippen LogP contribution < -0.4 is 0 Å². The molecule has 0 saturated heterocycles. The summed E-state index contributed by atoms with van der Waals surface area (Å²) < 4.78 is 5.72. The van der Waals surface area contributed by atoms with Crippen molar-refractivity contribution in [2.45, 2.75) is 26.3 Å². The summed E-state index contributed by atoms with van der Waals surface area (Å²) in [5.41, 5.74) is 0.809. The van der Waals surface area contributed by atoms with E-state index in [9.17, 15) is 19.5 Å². The minimum atomic E-state index is -1.59. The van der Waals surface area contributed by atoms with Gasteiger partial charge in [0.05, 0.1) is 11.4 Å². The molecule has 0 spiro atoms. The molecule has 158 valence electrons. The van der Waals surface area contributed by atoms with Crippen molar-refractivity contribution < 1.29 is 29.0 Å². The molecule has 7 nitrogen and oxygen atoms in total. The maximum absolute atomic E-state index is 12.9. The molecule has 1 atom stereocenters. The summed E-state index contributed by atoms with van der Waals surface area (Å²) in [7, 11) is 0. The van der Waals surface area contributed by atoms with E-state index in [-0.39, 0.29) is 11.3 Å². The number of amides is 1. The maximum atomic E-state index is 12.9. The fraction of sp³-hybridized carbons (Fsp3) is 0.190. The Hall–Kier alpha value is -3.03. The molecule has 0 bridgehead atoms. The molecule has 1 heterocycles. The molecular weight excluding hydrogens is 433 g/mol. The number of carboxylic acids is 2. The number of carbonyl (C=O) groups is 3. The van der Waals surface area contributed by atoms with Crippen LogP contribution in [0.1, 0.15) is 26.0 Å². The second-order valence-electron chi connectivity index (χ2n) is 6.52. The van der Waals surface area contributed by atoms with E-state index in [2.05, 4.69) is 6.58 Å². The minimum absolute atomic E-state index is 0.104. The first-order chi connectivity index (χ1) is 14.0. The number of rotatable bonds is 8. The Morgan fingerprint density at radius 3 is 2.40 bits per heavy atom. The fourth-order valence-corrected chi connectivity index (χ4v) is 3.14. The van der Waals surface area contributed by atoms with Crippen molar-refractivity contribution in [2.75, 3.05) is 0 Å². The van der Waals surface area contributed by atoms with Crippen molar-refractivity contribution in [1.82, 2.24) is 4.90 Å². The molecule has 0 aliphatic rings. The lowest BCUT2D eigenvalue weighted by molar-refractivity contribution is -0.152. The highest BCUT2D eigenvalue weighted by atomic mass is 35.5. The van der Waals surface area contributed by atoms with Crippen LogP contribution in [0.5, 0.6) is 0 Å². The van der Waals surface area contributed by atoms with E-state index in [1.807, 2.05) is 0 Å². The number of carboxylic acid groups (broad SMARTS) is 2. The first kappa shape index (κ1) is 23.3. The third-order valence-electron chi connectivity index (χ3n) is 4.11. The molecule has 2 aromatic rings. The lowest BCUT2D eigenvalue weighted by atomic mass is 10.1. The van der Waals surface area contributed by atoms with Gasteiger partial charge in [0.1, 0.15) is 17.6 Å². The lowest BCUT2D eigenvalue weighted by Gasteiger charge is -2.28. The van der Waals surface area contributed by atoms with Gasteiger partial charge in [-0.25, -0.2) is 4.79 Å². The third kappa shape index (κ3) is 5.52. The van der Waals surface area contributed by atoms with Crippen LogP contribution in [0.4, 0.5) is 0 Å². The fourth-order valence-electron chi connectivity index (χ4n) is 2.76. The first-order valence-corrected chi connectivity index (χ1v) is 9.44. The largest absolute Gasteiger partial charge is 0.481 e. The number of hydrogen-bond acceptors (Lipinski definition) is 4. The average molecular weight is 452 g/mol. The van der Waals surface area contributed by atoms with Gasteiger partial charge in [0.2, 0.25) is 0 Å². The van der Waals surface area contributed by atoms with E-state index >= 15 is 0 Å². The highest BCUT2D eigenvalue weighted by Gasteiger charge is 2.33. The van der Waals surface area contributed by atoms with E-state index < -0.39 is 30.3 Å². The number of nitrogens with zero attached hydrogens (tertiary/aromatic N) is 1. The van der Waals surface area contributed by atoms with Crippen LogP contribution in [-0.4, -0.2) is 39.0 Å². The van der Waals surface area contributed by atoms with Crippen molar-refractivity contribution in [1.29, 1.82) is 0 Å². The third-order valence-corrected chi connectivity index (χ3v) is 4.68. The van der Waals surface area contributed by atoms with Crippen molar-refractivity contribution in [3.63, 3.8) is 0 Å². The van der Waals surface area contributed by atoms with Gasteiger partial charge < -0.3 is 14.6 Å². The maximum Gasteiger partial charge on any atom is 0.327 e. The van der Waals surface area contributed by atoms with Crippen LogP contribution in [0.3, 0.4) is 0 Å². The Labute approximate surface area is 182 Å². The van der Waals surface area contributed by atoms with Crippen molar-refractivity contribution >= 4 is 47.1 Å². The van der Waals surface area contributed by atoms with Gasteiger partial charge in [0.15, 0.2) is 0 Å². The van der Waals surface area contributed by atoms with Crippen molar-refractivity contribution in [3.05, 3.63) is 64.0 Å². The molecule has 0 radical (unpaired) electrons. The Kier molecular flexibility index (Phi) is 7.48. The molecule has 2 rings (SSSR count). The molecule has 1 amide bonds. The second kappa shape index (κ2) is 9.65. The number of carbonyl (C=O) groups excluding carboxylic acids is 1. The summed E-state index contributed by atoms with van der Waals surface area (Å²) in [6.07, 6.45) is 0.652. The Balaban J connectivity index is 2.35. The molecule has 0 unspecified atom stereocenters. The van der Waals surface area contributed by atoms with Crippen LogP contribution >= 0.6 is 23.2 Å². The van der Waals surface area contributed by atoms with E-state index in [1.165, 1.54) is 19.9 Å². The quantitative estimate of drug-likeness (QED) is 0.549. The zero-order valence-corrected chi connectivity index (χ0v) is 17.7. The van der Waals surface area contributed by atoms with Crippen LogP contribution in [0.25, 0.3) is 17.4 Å². The zero-order valence-electron chi connectivity index (χ0n) is 16.2. The average Bonchev–Trinajstić information content (AvgIpc) is 3.10. The normalized spacial score (nSPS) is 12.3. The van der Waals surface area contributed by atoms with E-state index in [0.29, 0.717) is 27.1 Å². The summed E-state index contributed by atoms with van der Waals surface area (Å²) >= 11 is 12.2. The molecular formula is C21H19Cl2NO6. The molecule has 0 saturated carbocycles. The molecule has 2 N–H and O–H groups in total. The Morgan fingerprint density at radius 1 is 1.17 bits per heavy atom. The summed E-state index contributed by atoms with van der Waals surface area (Å²) in [5, 5.41) is 19.3. The first-order valence-electron chi connectivity index (χ1n) is 8.68. The minimum Gasteiger partial charge on any atom is -0.481 e. The van der Waals surface area contributed by atoms with Crippen LogP contribution in [0.2, 0.25) is 10.0 Å². The molecule has 30 heavy (non-hydrogen) atoms. The van der Waals surface area contributed by atoms with Gasteiger partial charge >= 0.3 is 11.9 Å². The van der Waals surface area contributed by atoms with Gasteiger partial charge in [0, 0.05) is 21.9 Å². The van der Waals surface area contributed by atoms with E-state index in [0.717, 1.165) is 4.90 Å². The summed E-state index contributed by atoms with van der Waals surface area (Å²) in [6, 6.07) is 6.59. The summed E-state index contributed by atoms with van der Waals surface area (Å²) in [5.74, 6) is -2.75. The van der Waals surface area contributed by atoms with E-state index in [1.54, 1.807) is 30.3 Å². The van der Waals surface area contributed by atoms with Gasteiger partial charge in [-0.3, -0.25) is 14.5 Å². The highest BCUT2D eigenvalue weighted by Crippen LogP contribution is 2.32. The molecule has 0 aliphatic carbocycles. The van der Waals surface area contributed by atoms with Gasteiger partial charge in [-0.05, 0) is 50.3 Å². The number of aliphatic carboxylic acids is 2. The van der Waals surface area contributed by atoms with Gasteiger partial charge in [-0.1, -0.05) is 29.8 Å². The monoisotopic (exact) mass is 451 g/mol. The predicted molar refractivity (Wildman–Crippen MR) is 113 cm³/mol. The van der Waals surface area contributed by atoms with Crippen LogP contribution in [0.15, 0.2) is 52.6 Å². The molecule has 9 heteroatoms. The Bertz CT molecular complexity index is 1040. The number of benzene rings is 1. The number of furan rings is 1. The van der Waals surface area contributed by atoms with Crippen LogP contribution in [0, 0.1) is 0 Å². The van der Waals surface area contributed by atoms with Gasteiger partial charge in [-0.15, -0.1) is 0 Å². The second-order valence-corrected chi connectivity index (χ2v) is 7.36. The molecule has 1 aromatic carbocycles. The number of hydrogen-bond donors (Lipinski definition) is 2. The molecule has 0 fully saturated rings. The van der Waals surface area contributed by atoms with Crippen molar-refractivity contribution in [3.8, 4) is 11.3 Å². The number of allylic oxidation sites excluding steroid dienone is 1. The Morgan fingerprint density at radius 2 is 1.83 bits per heavy atom. The molecule has 0 aliphatic heterocycles. The van der Waals surface area contributed by atoms with Crippen LogP contribution in [-0.2, 0) is 14.4 Å². The smallest absolute Gasteiger partial charge is 0.327 e. The summed E-state index contributed by atoms with van der Waals surface area (Å²) in [4.78, 5) is 36.3. The van der Waals surface area contributed by atoms with E-state index in [4.69, 9.17) is 32.7 Å². The highest BCUT2D eigenvalue weighted by molar-refractivity contribution is 6.35.